The van der Waals surface area contributed by atoms with Crippen LogP contribution in [0.1, 0.15) is 47.0 Å². The molecular weight excluding hydrogens is 208 g/mol. The molecule has 1 atom stereocenters. The zero-order chi connectivity index (χ0) is 12.6. The Morgan fingerprint density at radius 3 is 2.12 bits per heavy atom. The van der Waals surface area contributed by atoms with Crippen LogP contribution in [0, 0.1) is 5.92 Å². The number of esters is 2. The van der Waals surface area contributed by atoms with Gasteiger partial charge in [0.2, 0.25) is 0 Å². The molecule has 0 aromatic carbocycles. The van der Waals surface area contributed by atoms with Gasteiger partial charge in [0, 0.05) is 12.8 Å². The highest BCUT2D eigenvalue weighted by atomic mass is 16.5. The van der Waals surface area contributed by atoms with Gasteiger partial charge in [-0.1, -0.05) is 13.8 Å². The van der Waals surface area contributed by atoms with Gasteiger partial charge in [-0.2, -0.15) is 0 Å². The second-order valence-corrected chi connectivity index (χ2v) is 4.10. The van der Waals surface area contributed by atoms with Crippen molar-refractivity contribution in [3.8, 4) is 0 Å². The summed E-state index contributed by atoms with van der Waals surface area (Å²) in [6, 6.07) is 0. The minimum atomic E-state index is -0.257. The van der Waals surface area contributed by atoms with Gasteiger partial charge in [0.05, 0.1) is 6.61 Å². The predicted octanol–water partition coefficient (Wildman–Crippen LogP) is 2.31. The molecule has 1 unspecified atom stereocenters. The van der Waals surface area contributed by atoms with Gasteiger partial charge in [-0.3, -0.25) is 9.59 Å². The standard InChI is InChI=1S/C12H22O4/c1-5-15-11(13)7-6-8-12(14)16-10(4)9(2)3/h9-10H,5-8H2,1-4H3. The van der Waals surface area contributed by atoms with Crippen LogP contribution >= 0.6 is 0 Å². The van der Waals surface area contributed by atoms with Crippen molar-refractivity contribution >= 4 is 11.9 Å². The van der Waals surface area contributed by atoms with E-state index < -0.39 is 0 Å². The molecule has 16 heavy (non-hydrogen) atoms. The fraction of sp³-hybridized carbons (Fsp3) is 0.833. The molecule has 0 saturated heterocycles. The molecule has 0 rings (SSSR count). The molecule has 0 spiro atoms. The van der Waals surface area contributed by atoms with Gasteiger partial charge in [0.1, 0.15) is 6.10 Å². The number of hydrogen-bond acceptors (Lipinski definition) is 4. The third-order valence-corrected chi connectivity index (χ3v) is 2.32. The Kier molecular flexibility index (Phi) is 7.60. The van der Waals surface area contributed by atoms with Crippen LogP contribution in [0.2, 0.25) is 0 Å². The van der Waals surface area contributed by atoms with Crippen LogP contribution in [-0.4, -0.2) is 24.6 Å². The van der Waals surface area contributed by atoms with Crippen LogP contribution in [-0.2, 0) is 19.1 Å². The van der Waals surface area contributed by atoms with E-state index in [1.54, 1.807) is 6.92 Å². The van der Waals surface area contributed by atoms with Gasteiger partial charge in [-0.05, 0) is 26.2 Å². The molecule has 0 aliphatic heterocycles. The summed E-state index contributed by atoms with van der Waals surface area (Å²) in [4.78, 5) is 22.3. The summed E-state index contributed by atoms with van der Waals surface area (Å²) >= 11 is 0. The molecule has 0 aromatic heterocycles. The van der Waals surface area contributed by atoms with E-state index in [-0.39, 0.29) is 30.9 Å². The molecule has 94 valence electrons. The maximum atomic E-state index is 11.3. The minimum Gasteiger partial charge on any atom is -0.466 e. The van der Waals surface area contributed by atoms with Crippen LogP contribution in [0.3, 0.4) is 0 Å². The van der Waals surface area contributed by atoms with Crippen LogP contribution in [0.5, 0.6) is 0 Å². The van der Waals surface area contributed by atoms with Gasteiger partial charge >= 0.3 is 11.9 Å². The first kappa shape index (κ1) is 14.9. The molecular formula is C12H22O4. The van der Waals surface area contributed by atoms with Crippen molar-refractivity contribution in [1.82, 2.24) is 0 Å². The van der Waals surface area contributed by atoms with Crippen molar-refractivity contribution in [2.75, 3.05) is 6.61 Å². The third-order valence-electron chi connectivity index (χ3n) is 2.32. The summed E-state index contributed by atoms with van der Waals surface area (Å²) in [5.74, 6) is -0.188. The van der Waals surface area contributed by atoms with Crippen molar-refractivity contribution in [2.24, 2.45) is 5.92 Å². The molecule has 0 bridgehead atoms. The SMILES string of the molecule is CCOC(=O)CCCC(=O)OC(C)C(C)C. The second kappa shape index (κ2) is 8.13. The summed E-state index contributed by atoms with van der Waals surface area (Å²) in [5.41, 5.74) is 0. The van der Waals surface area contributed by atoms with Crippen molar-refractivity contribution in [2.45, 2.75) is 53.1 Å². The Hall–Kier alpha value is -1.06. The normalized spacial score (nSPS) is 12.3. The van der Waals surface area contributed by atoms with E-state index in [0.717, 1.165) is 0 Å². The van der Waals surface area contributed by atoms with E-state index in [1.807, 2.05) is 20.8 Å². The molecule has 4 heteroatoms. The lowest BCUT2D eigenvalue weighted by atomic mass is 10.1. The summed E-state index contributed by atoms with van der Waals surface area (Å²) in [5, 5.41) is 0. The number of rotatable bonds is 7. The highest BCUT2D eigenvalue weighted by Gasteiger charge is 2.13. The van der Waals surface area contributed by atoms with Gasteiger partial charge in [-0.25, -0.2) is 0 Å². The largest absolute Gasteiger partial charge is 0.466 e. The zero-order valence-corrected chi connectivity index (χ0v) is 10.6. The first-order chi connectivity index (χ1) is 7.47. The summed E-state index contributed by atoms with van der Waals surface area (Å²) in [7, 11) is 0. The number of carbonyl (C=O) groups excluding carboxylic acids is 2. The first-order valence-corrected chi connectivity index (χ1v) is 5.82. The Labute approximate surface area is 97.3 Å². The van der Waals surface area contributed by atoms with Crippen molar-refractivity contribution in [1.29, 1.82) is 0 Å². The Morgan fingerprint density at radius 2 is 1.62 bits per heavy atom. The topological polar surface area (TPSA) is 52.6 Å². The maximum Gasteiger partial charge on any atom is 0.306 e. The quantitative estimate of drug-likeness (QED) is 0.630. The third kappa shape index (κ3) is 7.26. The molecule has 0 N–H and O–H groups in total. The number of carbonyl (C=O) groups is 2. The Bertz CT molecular complexity index is 223. The molecule has 0 fully saturated rings. The highest BCUT2D eigenvalue weighted by Crippen LogP contribution is 2.08. The number of hydrogen-bond donors (Lipinski definition) is 0. The van der Waals surface area contributed by atoms with Crippen LogP contribution < -0.4 is 0 Å². The van der Waals surface area contributed by atoms with E-state index in [2.05, 4.69) is 0 Å². The lowest BCUT2D eigenvalue weighted by Crippen LogP contribution is -2.20. The van der Waals surface area contributed by atoms with E-state index in [4.69, 9.17) is 9.47 Å². The number of ether oxygens (including phenoxy) is 2. The molecule has 0 aromatic rings. The second-order valence-electron chi connectivity index (χ2n) is 4.10. The smallest absolute Gasteiger partial charge is 0.306 e. The van der Waals surface area contributed by atoms with Crippen LogP contribution in [0.25, 0.3) is 0 Å². The first-order valence-electron chi connectivity index (χ1n) is 5.82. The molecule has 0 radical (unpaired) electrons. The zero-order valence-electron chi connectivity index (χ0n) is 10.6. The van der Waals surface area contributed by atoms with E-state index in [9.17, 15) is 9.59 Å². The van der Waals surface area contributed by atoms with Gasteiger partial charge in [0.15, 0.2) is 0 Å². The molecule has 0 heterocycles. The van der Waals surface area contributed by atoms with Crippen LogP contribution in [0.15, 0.2) is 0 Å². The molecule has 0 aliphatic rings. The summed E-state index contributed by atoms with van der Waals surface area (Å²) in [6.07, 6.45) is 0.965. The van der Waals surface area contributed by atoms with Crippen molar-refractivity contribution < 1.29 is 19.1 Å². The Balaban J connectivity index is 3.62. The van der Waals surface area contributed by atoms with Gasteiger partial charge in [0.25, 0.3) is 0 Å². The lowest BCUT2D eigenvalue weighted by molar-refractivity contribution is -0.150. The Morgan fingerprint density at radius 1 is 1.06 bits per heavy atom. The molecule has 0 aliphatic carbocycles. The van der Waals surface area contributed by atoms with E-state index in [0.29, 0.717) is 18.9 Å². The van der Waals surface area contributed by atoms with E-state index in [1.165, 1.54) is 0 Å². The van der Waals surface area contributed by atoms with E-state index >= 15 is 0 Å². The van der Waals surface area contributed by atoms with Gasteiger partial charge < -0.3 is 9.47 Å². The molecule has 0 amide bonds. The van der Waals surface area contributed by atoms with Gasteiger partial charge in [-0.15, -0.1) is 0 Å². The summed E-state index contributed by atoms with van der Waals surface area (Å²) < 4.78 is 9.91. The maximum absolute atomic E-state index is 11.3. The highest BCUT2D eigenvalue weighted by molar-refractivity contribution is 5.72. The minimum absolute atomic E-state index is 0.0740. The average Bonchev–Trinajstić information content (AvgIpc) is 2.17. The average molecular weight is 230 g/mol. The lowest BCUT2D eigenvalue weighted by Gasteiger charge is -2.16. The molecule has 0 saturated carbocycles. The molecule has 4 nitrogen and oxygen atoms in total. The van der Waals surface area contributed by atoms with Crippen LogP contribution in [0.4, 0.5) is 0 Å². The fourth-order valence-electron chi connectivity index (χ4n) is 1.01. The predicted molar refractivity (Wildman–Crippen MR) is 60.9 cm³/mol. The summed E-state index contributed by atoms with van der Waals surface area (Å²) in [6.45, 7) is 8.01. The fourth-order valence-corrected chi connectivity index (χ4v) is 1.01. The monoisotopic (exact) mass is 230 g/mol. The van der Waals surface area contributed by atoms with Crippen molar-refractivity contribution in [3.63, 3.8) is 0 Å². The van der Waals surface area contributed by atoms with Crippen molar-refractivity contribution in [3.05, 3.63) is 0 Å².